The van der Waals surface area contributed by atoms with E-state index in [9.17, 15) is 0 Å². The summed E-state index contributed by atoms with van der Waals surface area (Å²) in [6.45, 7) is 8.58. The smallest absolute Gasteiger partial charge is 0.0701 e. The van der Waals surface area contributed by atoms with Crippen LogP contribution in [0.15, 0.2) is 4.99 Å². The molecule has 0 unspecified atom stereocenters. The Morgan fingerprint density at radius 2 is 1.70 bits per heavy atom. The van der Waals surface area contributed by atoms with E-state index in [1.807, 2.05) is 0 Å². The lowest BCUT2D eigenvalue weighted by Gasteiger charge is -2.07. The van der Waals surface area contributed by atoms with E-state index in [4.69, 9.17) is 0 Å². The molecule has 0 aliphatic heterocycles. The highest BCUT2D eigenvalue weighted by Crippen LogP contribution is 2.10. The molecular formula is C8H17NS. The highest BCUT2D eigenvalue weighted by molar-refractivity contribution is 8.13. The maximum atomic E-state index is 4.47. The zero-order chi connectivity index (χ0) is 8.15. The highest BCUT2D eigenvalue weighted by Gasteiger charge is 2.02. The van der Waals surface area contributed by atoms with Gasteiger partial charge in [0.2, 0.25) is 0 Å². The van der Waals surface area contributed by atoms with Gasteiger partial charge in [-0.25, -0.2) is 0 Å². The Labute approximate surface area is 68.3 Å². The standard InChI is InChI=1S/C8H17NS/c1-6(2)8(10-5)9-7(3)4/h6-7H,1-5H3/b9-8-. The van der Waals surface area contributed by atoms with Crippen molar-refractivity contribution in [2.75, 3.05) is 6.26 Å². The first-order valence-electron chi connectivity index (χ1n) is 3.69. The molecule has 0 aliphatic rings. The molecule has 0 bridgehead atoms. The van der Waals surface area contributed by atoms with Crippen molar-refractivity contribution >= 4 is 16.8 Å². The van der Waals surface area contributed by atoms with Gasteiger partial charge in [0.25, 0.3) is 0 Å². The Hall–Kier alpha value is 0.0200. The van der Waals surface area contributed by atoms with Crippen LogP contribution in [-0.4, -0.2) is 17.3 Å². The minimum absolute atomic E-state index is 0.435. The van der Waals surface area contributed by atoms with Crippen LogP contribution in [0.2, 0.25) is 0 Å². The van der Waals surface area contributed by atoms with Crippen molar-refractivity contribution in [2.45, 2.75) is 33.7 Å². The molecule has 0 aliphatic carbocycles. The van der Waals surface area contributed by atoms with E-state index in [1.165, 1.54) is 5.04 Å². The molecule has 0 spiro atoms. The molecule has 0 aromatic rings. The Bertz CT molecular complexity index is 116. The topological polar surface area (TPSA) is 12.4 Å². The quantitative estimate of drug-likeness (QED) is 0.446. The van der Waals surface area contributed by atoms with Gasteiger partial charge in [0.05, 0.1) is 5.04 Å². The molecule has 0 radical (unpaired) electrons. The van der Waals surface area contributed by atoms with Crippen molar-refractivity contribution in [3.05, 3.63) is 0 Å². The molecule has 0 N–H and O–H groups in total. The van der Waals surface area contributed by atoms with Gasteiger partial charge in [-0.15, -0.1) is 11.8 Å². The summed E-state index contributed by atoms with van der Waals surface area (Å²) in [5.74, 6) is 0.581. The average Bonchev–Trinajstić information content (AvgIpc) is 1.81. The molecule has 0 rings (SSSR count). The predicted molar refractivity (Wildman–Crippen MR) is 50.9 cm³/mol. The fraction of sp³-hybridized carbons (Fsp3) is 0.875. The first kappa shape index (κ1) is 10.0. The first-order chi connectivity index (χ1) is 4.57. The monoisotopic (exact) mass is 159 g/mol. The zero-order valence-corrected chi connectivity index (χ0v) is 8.33. The minimum atomic E-state index is 0.435. The lowest BCUT2D eigenvalue weighted by molar-refractivity contribution is 0.808. The summed E-state index contributed by atoms with van der Waals surface area (Å²) in [6, 6.07) is 0.435. The molecule has 0 aromatic heterocycles. The lowest BCUT2D eigenvalue weighted by Crippen LogP contribution is -2.05. The molecule has 0 saturated carbocycles. The van der Waals surface area contributed by atoms with Gasteiger partial charge in [-0.3, -0.25) is 4.99 Å². The number of aliphatic imine (C=N–C) groups is 1. The van der Waals surface area contributed by atoms with E-state index in [0.717, 1.165) is 0 Å². The molecule has 0 amide bonds. The normalized spacial score (nSPS) is 13.3. The van der Waals surface area contributed by atoms with Gasteiger partial charge in [0, 0.05) is 12.0 Å². The Kier molecular flexibility index (Phi) is 4.79. The summed E-state index contributed by atoms with van der Waals surface area (Å²) >= 11 is 1.76. The predicted octanol–water partition coefficient (Wildman–Crippen LogP) is 2.81. The van der Waals surface area contributed by atoms with E-state index in [0.29, 0.717) is 12.0 Å². The summed E-state index contributed by atoms with van der Waals surface area (Å²) in [5.41, 5.74) is 0. The van der Waals surface area contributed by atoms with Gasteiger partial charge in [-0.05, 0) is 20.1 Å². The molecule has 2 heteroatoms. The summed E-state index contributed by atoms with van der Waals surface area (Å²) in [7, 11) is 0. The summed E-state index contributed by atoms with van der Waals surface area (Å²) in [4.78, 5) is 4.47. The second-order valence-electron chi connectivity index (χ2n) is 2.92. The summed E-state index contributed by atoms with van der Waals surface area (Å²) in [6.07, 6.45) is 2.08. The zero-order valence-electron chi connectivity index (χ0n) is 7.51. The van der Waals surface area contributed by atoms with Crippen LogP contribution in [0.4, 0.5) is 0 Å². The fourth-order valence-electron chi connectivity index (χ4n) is 0.692. The number of rotatable bonds is 2. The van der Waals surface area contributed by atoms with Crippen LogP contribution in [0.5, 0.6) is 0 Å². The molecular weight excluding hydrogens is 142 g/mol. The van der Waals surface area contributed by atoms with E-state index in [-0.39, 0.29) is 0 Å². The molecule has 0 atom stereocenters. The van der Waals surface area contributed by atoms with E-state index in [1.54, 1.807) is 11.8 Å². The maximum absolute atomic E-state index is 4.47. The molecule has 0 fully saturated rings. The third kappa shape index (κ3) is 3.94. The van der Waals surface area contributed by atoms with Gasteiger partial charge in [0.1, 0.15) is 0 Å². The van der Waals surface area contributed by atoms with Crippen LogP contribution >= 0.6 is 11.8 Å². The first-order valence-corrected chi connectivity index (χ1v) is 4.92. The average molecular weight is 159 g/mol. The van der Waals surface area contributed by atoms with Crippen LogP contribution in [0.25, 0.3) is 0 Å². The minimum Gasteiger partial charge on any atom is -0.280 e. The van der Waals surface area contributed by atoms with Gasteiger partial charge in [-0.2, -0.15) is 0 Å². The van der Waals surface area contributed by atoms with Crippen molar-refractivity contribution < 1.29 is 0 Å². The molecule has 0 aromatic carbocycles. The van der Waals surface area contributed by atoms with E-state index >= 15 is 0 Å². The van der Waals surface area contributed by atoms with Gasteiger partial charge >= 0.3 is 0 Å². The fourth-order valence-corrected chi connectivity index (χ4v) is 1.48. The van der Waals surface area contributed by atoms with Crippen molar-refractivity contribution in [1.82, 2.24) is 0 Å². The number of nitrogens with zero attached hydrogens (tertiary/aromatic N) is 1. The van der Waals surface area contributed by atoms with Crippen LogP contribution in [0.1, 0.15) is 27.7 Å². The SMILES string of the molecule is CS/C(=N\C(C)C)C(C)C. The largest absolute Gasteiger partial charge is 0.280 e. The van der Waals surface area contributed by atoms with Gasteiger partial charge in [0.15, 0.2) is 0 Å². The van der Waals surface area contributed by atoms with Crippen LogP contribution in [0.3, 0.4) is 0 Å². The summed E-state index contributed by atoms with van der Waals surface area (Å²) in [5, 5.41) is 1.26. The number of hydrogen-bond acceptors (Lipinski definition) is 2. The maximum Gasteiger partial charge on any atom is 0.0701 e. The third-order valence-electron chi connectivity index (χ3n) is 1.09. The molecule has 0 saturated heterocycles. The Morgan fingerprint density at radius 1 is 1.20 bits per heavy atom. The van der Waals surface area contributed by atoms with E-state index in [2.05, 4.69) is 38.9 Å². The molecule has 0 heterocycles. The number of thioether (sulfide) groups is 1. The second-order valence-corrected chi connectivity index (χ2v) is 3.75. The Balaban J connectivity index is 4.04. The van der Waals surface area contributed by atoms with Crippen molar-refractivity contribution in [1.29, 1.82) is 0 Å². The van der Waals surface area contributed by atoms with Crippen LogP contribution in [-0.2, 0) is 0 Å². The van der Waals surface area contributed by atoms with E-state index < -0.39 is 0 Å². The molecule has 60 valence electrons. The van der Waals surface area contributed by atoms with Crippen LogP contribution < -0.4 is 0 Å². The summed E-state index contributed by atoms with van der Waals surface area (Å²) < 4.78 is 0. The second kappa shape index (κ2) is 4.78. The van der Waals surface area contributed by atoms with Crippen LogP contribution in [0, 0.1) is 5.92 Å². The number of hydrogen-bond donors (Lipinski definition) is 0. The molecule has 10 heavy (non-hydrogen) atoms. The van der Waals surface area contributed by atoms with Gasteiger partial charge < -0.3 is 0 Å². The molecule has 1 nitrogen and oxygen atoms in total. The van der Waals surface area contributed by atoms with Crippen molar-refractivity contribution in [2.24, 2.45) is 10.9 Å². The van der Waals surface area contributed by atoms with Crippen molar-refractivity contribution in [3.8, 4) is 0 Å². The Morgan fingerprint density at radius 3 is 1.80 bits per heavy atom. The third-order valence-corrected chi connectivity index (χ3v) is 2.08. The lowest BCUT2D eigenvalue weighted by atomic mass is 10.2. The highest BCUT2D eigenvalue weighted by atomic mass is 32.2. The van der Waals surface area contributed by atoms with Crippen molar-refractivity contribution in [3.63, 3.8) is 0 Å². The van der Waals surface area contributed by atoms with Gasteiger partial charge in [-0.1, -0.05) is 13.8 Å².